The van der Waals surface area contributed by atoms with Crippen LogP contribution in [0, 0.1) is 13.8 Å². The molecule has 0 aliphatic heterocycles. The summed E-state index contributed by atoms with van der Waals surface area (Å²) in [6, 6.07) is 12.2. The lowest BCUT2D eigenvalue weighted by Crippen LogP contribution is -2.36. The van der Waals surface area contributed by atoms with Crippen molar-refractivity contribution in [1.82, 2.24) is 15.6 Å². The summed E-state index contributed by atoms with van der Waals surface area (Å²) < 4.78 is 5.13. The molecule has 0 aliphatic rings. The van der Waals surface area contributed by atoms with Crippen LogP contribution in [0.1, 0.15) is 22.4 Å². The zero-order valence-electron chi connectivity index (χ0n) is 14.2. The third kappa shape index (κ3) is 4.98. The highest BCUT2D eigenvalue weighted by Crippen LogP contribution is 2.10. The van der Waals surface area contributed by atoms with Crippen molar-refractivity contribution in [1.29, 1.82) is 0 Å². The zero-order valence-corrected chi connectivity index (χ0v) is 14.2. The van der Waals surface area contributed by atoms with Crippen LogP contribution in [0.4, 0.5) is 0 Å². The molecule has 0 saturated heterocycles. The normalized spacial score (nSPS) is 11.2. The number of hydrogen-bond acceptors (Lipinski definition) is 3. The van der Waals surface area contributed by atoms with Gasteiger partial charge in [-0.25, -0.2) is 4.98 Å². The molecule has 1 aromatic heterocycles. The SMILES string of the molecule is CN=C(NCc1cccc(OC)n1)NCc1ccc(C)cc1C. The Morgan fingerprint density at radius 3 is 2.61 bits per heavy atom. The first kappa shape index (κ1) is 16.8. The molecule has 0 fully saturated rings. The van der Waals surface area contributed by atoms with E-state index in [0.29, 0.717) is 12.4 Å². The highest BCUT2D eigenvalue weighted by molar-refractivity contribution is 5.79. The molecule has 0 amide bonds. The molecule has 2 aromatic rings. The fraction of sp³-hybridized carbons (Fsp3) is 0.333. The Labute approximate surface area is 137 Å². The van der Waals surface area contributed by atoms with Gasteiger partial charge in [0, 0.05) is 19.7 Å². The maximum absolute atomic E-state index is 5.13. The Morgan fingerprint density at radius 1 is 1.13 bits per heavy atom. The van der Waals surface area contributed by atoms with Gasteiger partial charge in [0.05, 0.1) is 19.3 Å². The van der Waals surface area contributed by atoms with E-state index in [2.05, 4.69) is 52.7 Å². The molecule has 23 heavy (non-hydrogen) atoms. The summed E-state index contributed by atoms with van der Waals surface area (Å²) in [7, 11) is 3.38. The van der Waals surface area contributed by atoms with Gasteiger partial charge in [0.25, 0.3) is 0 Å². The molecule has 0 saturated carbocycles. The van der Waals surface area contributed by atoms with Crippen LogP contribution in [0.2, 0.25) is 0 Å². The lowest BCUT2D eigenvalue weighted by Gasteiger charge is -2.13. The van der Waals surface area contributed by atoms with E-state index in [1.807, 2.05) is 18.2 Å². The van der Waals surface area contributed by atoms with Gasteiger partial charge in [0.1, 0.15) is 0 Å². The van der Waals surface area contributed by atoms with E-state index in [1.165, 1.54) is 16.7 Å². The average Bonchev–Trinajstić information content (AvgIpc) is 2.56. The first-order valence-electron chi connectivity index (χ1n) is 7.63. The number of nitrogens with zero attached hydrogens (tertiary/aromatic N) is 2. The van der Waals surface area contributed by atoms with Crippen molar-refractivity contribution in [2.45, 2.75) is 26.9 Å². The number of aromatic nitrogens is 1. The standard InChI is InChI=1S/C18H24N4O/c1-13-8-9-15(14(2)10-13)11-20-18(19-3)21-12-16-6-5-7-17(22-16)23-4/h5-10H,11-12H2,1-4H3,(H2,19,20,21). The largest absolute Gasteiger partial charge is 0.481 e. The molecule has 0 unspecified atom stereocenters. The molecule has 2 rings (SSSR count). The second-order valence-corrected chi connectivity index (χ2v) is 5.38. The predicted octanol–water partition coefficient (Wildman–Crippen LogP) is 2.57. The lowest BCUT2D eigenvalue weighted by molar-refractivity contribution is 0.396. The first-order chi connectivity index (χ1) is 11.1. The number of aliphatic imine (C=N–C) groups is 1. The van der Waals surface area contributed by atoms with Crippen LogP contribution >= 0.6 is 0 Å². The minimum Gasteiger partial charge on any atom is -0.481 e. The quantitative estimate of drug-likeness (QED) is 0.658. The van der Waals surface area contributed by atoms with Crippen LogP contribution in [0.5, 0.6) is 5.88 Å². The third-order valence-corrected chi connectivity index (χ3v) is 3.60. The van der Waals surface area contributed by atoms with Crippen molar-refractivity contribution in [3.8, 4) is 5.88 Å². The van der Waals surface area contributed by atoms with Gasteiger partial charge >= 0.3 is 0 Å². The monoisotopic (exact) mass is 312 g/mol. The van der Waals surface area contributed by atoms with E-state index in [9.17, 15) is 0 Å². The summed E-state index contributed by atoms with van der Waals surface area (Å²) in [5.74, 6) is 1.36. The van der Waals surface area contributed by atoms with E-state index in [0.717, 1.165) is 18.2 Å². The Morgan fingerprint density at radius 2 is 1.91 bits per heavy atom. The molecule has 0 bridgehead atoms. The molecule has 1 heterocycles. The maximum atomic E-state index is 5.13. The number of methoxy groups -OCH3 is 1. The van der Waals surface area contributed by atoms with Crippen molar-refractivity contribution in [3.05, 3.63) is 58.8 Å². The summed E-state index contributed by atoms with van der Waals surface area (Å²) in [6.45, 7) is 5.55. The van der Waals surface area contributed by atoms with Crippen molar-refractivity contribution >= 4 is 5.96 Å². The van der Waals surface area contributed by atoms with Gasteiger partial charge in [0.15, 0.2) is 5.96 Å². The van der Waals surface area contributed by atoms with Crippen LogP contribution in [0.3, 0.4) is 0 Å². The number of aryl methyl sites for hydroxylation is 2. The lowest BCUT2D eigenvalue weighted by atomic mass is 10.1. The van der Waals surface area contributed by atoms with Gasteiger partial charge in [-0.05, 0) is 31.0 Å². The molecular weight excluding hydrogens is 288 g/mol. The smallest absolute Gasteiger partial charge is 0.213 e. The summed E-state index contributed by atoms with van der Waals surface area (Å²) in [4.78, 5) is 8.62. The van der Waals surface area contributed by atoms with E-state index in [1.54, 1.807) is 14.2 Å². The second-order valence-electron chi connectivity index (χ2n) is 5.38. The van der Waals surface area contributed by atoms with E-state index >= 15 is 0 Å². The Balaban J connectivity index is 1.90. The van der Waals surface area contributed by atoms with Gasteiger partial charge in [-0.3, -0.25) is 4.99 Å². The van der Waals surface area contributed by atoms with Crippen molar-refractivity contribution in [2.24, 2.45) is 4.99 Å². The molecule has 1 aromatic carbocycles. The number of guanidine groups is 1. The third-order valence-electron chi connectivity index (χ3n) is 3.60. The first-order valence-corrected chi connectivity index (χ1v) is 7.63. The topological polar surface area (TPSA) is 58.5 Å². The number of ether oxygens (including phenoxy) is 1. The molecular formula is C18H24N4O. The summed E-state index contributed by atoms with van der Waals surface area (Å²) in [6.07, 6.45) is 0. The number of benzene rings is 1. The van der Waals surface area contributed by atoms with Crippen molar-refractivity contribution < 1.29 is 4.74 Å². The van der Waals surface area contributed by atoms with E-state index < -0.39 is 0 Å². The van der Waals surface area contributed by atoms with E-state index in [4.69, 9.17) is 4.74 Å². The van der Waals surface area contributed by atoms with Gasteiger partial charge in [0.2, 0.25) is 5.88 Å². The minimum atomic E-state index is 0.587. The van der Waals surface area contributed by atoms with Crippen LogP contribution in [0.25, 0.3) is 0 Å². The predicted molar refractivity (Wildman–Crippen MR) is 93.7 cm³/mol. The minimum absolute atomic E-state index is 0.587. The highest BCUT2D eigenvalue weighted by Gasteiger charge is 2.03. The van der Waals surface area contributed by atoms with Crippen LogP contribution in [-0.4, -0.2) is 25.1 Å². The number of rotatable bonds is 5. The summed E-state index contributed by atoms with van der Waals surface area (Å²) in [5, 5.41) is 6.58. The van der Waals surface area contributed by atoms with E-state index in [-0.39, 0.29) is 0 Å². The maximum Gasteiger partial charge on any atom is 0.213 e. The molecule has 0 radical (unpaired) electrons. The van der Waals surface area contributed by atoms with Gasteiger partial charge in [-0.15, -0.1) is 0 Å². The van der Waals surface area contributed by atoms with Crippen LogP contribution in [-0.2, 0) is 13.1 Å². The van der Waals surface area contributed by atoms with Crippen LogP contribution in [0.15, 0.2) is 41.4 Å². The zero-order chi connectivity index (χ0) is 16.7. The molecule has 122 valence electrons. The Bertz CT molecular complexity index is 682. The molecule has 0 atom stereocenters. The Hall–Kier alpha value is -2.56. The van der Waals surface area contributed by atoms with Gasteiger partial charge in [-0.2, -0.15) is 0 Å². The van der Waals surface area contributed by atoms with Crippen molar-refractivity contribution in [2.75, 3.05) is 14.2 Å². The molecule has 5 nitrogen and oxygen atoms in total. The fourth-order valence-corrected chi connectivity index (χ4v) is 2.29. The number of pyridine rings is 1. The van der Waals surface area contributed by atoms with Crippen molar-refractivity contribution in [3.63, 3.8) is 0 Å². The average molecular weight is 312 g/mol. The summed E-state index contributed by atoms with van der Waals surface area (Å²) in [5.41, 5.74) is 4.72. The van der Waals surface area contributed by atoms with Crippen LogP contribution < -0.4 is 15.4 Å². The Kier molecular flexibility index (Phi) is 5.97. The van der Waals surface area contributed by atoms with Gasteiger partial charge < -0.3 is 15.4 Å². The summed E-state index contributed by atoms with van der Waals surface area (Å²) >= 11 is 0. The fourth-order valence-electron chi connectivity index (χ4n) is 2.29. The molecule has 5 heteroatoms. The van der Waals surface area contributed by atoms with Gasteiger partial charge in [-0.1, -0.05) is 29.8 Å². The highest BCUT2D eigenvalue weighted by atomic mass is 16.5. The second kappa shape index (κ2) is 8.17. The number of nitrogens with one attached hydrogen (secondary N) is 2. The molecule has 2 N–H and O–H groups in total. The number of hydrogen-bond donors (Lipinski definition) is 2. The molecule has 0 aliphatic carbocycles. The molecule has 0 spiro atoms.